The molecule has 27 heavy (non-hydrogen) atoms. The van der Waals surface area contributed by atoms with E-state index in [0.717, 1.165) is 23.6 Å². The molecule has 0 aliphatic heterocycles. The number of halogens is 2. The molecule has 4 heteroatoms. The standard InChI is InChI=1S/C23H19F2NO/c1-2-16-8-9-19(21(24)10-16)13-20-22(25)11-18(14-26)12-23(20)27-15-17-6-4-3-5-7-17/h3-12H,2,13,15H2,1H3. The van der Waals surface area contributed by atoms with Crippen molar-refractivity contribution in [3.05, 3.63) is 100 Å². The zero-order valence-corrected chi connectivity index (χ0v) is 15.0. The summed E-state index contributed by atoms with van der Waals surface area (Å²) in [6.07, 6.45) is 0.783. The Morgan fingerprint density at radius 3 is 2.37 bits per heavy atom. The SMILES string of the molecule is CCc1ccc(Cc2c(F)cc(C#N)cc2OCc2ccccc2)c(F)c1. The fraction of sp³-hybridized carbons (Fsp3) is 0.174. The van der Waals surface area contributed by atoms with Gasteiger partial charge in [-0.1, -0.05) is 49.4 Å². The number of hydrogen-bond donors (Lipinski definition) is 0. The molecule has 3 aromatic carbocycles. The lowest BCUT2D eigenvalue weighted by molar-refractivity contribution is 0.301. The van der Waals surface area contributed by atoms with Crippen LogP contribution in [0.2, 0.25) is 0 Å². The molecule has 0 unspecified atom stereocenters. The minimum atomic E-state index is -0.573. The summed E-state index contributed by atoms with van der Waals surface area (Å²) in [7, 11) is 0. The van der Waals surface area contributed by atoms with Gasteiger partial charge in [0.1, 0.15) is 24.0 Å². The van der Waals surface area contributed by atoms with Crippen molar-refractivity contribution in [1.82, 2.24) is 0 Å². The Bertz CT molecular complexity index is 978. The van der Waals surface area contributed by atoms with Crippen LogP contribution in [0.25, 0.3) is 0 Å². The van der Waals surface area contributed by atoms with E-state index in [1.54, 1.807) is 6.07 Å². The van der Waals surface area contributed by atoms with Crippen LogP contribution in [0.5, 0.6) is 5.75 Å². The van der Waals surface area contributed by atoms with Crippen molar-refractivity contribution in [2.75, 3.05) is 0 Å². The maximum absolute atomic E-state index is 14.6. The second-order valence-corrected chi connectivity index (χ2v) is 6.28. The molecular weight excluding hydrogens is 344 g/mol. The van der Waals surface area contributed by atoms with Crippen molar-refractivity contribution in [2.45, 2.75) is 26.4 Å². The minimum Gasteiger partial charge on any atom is -0.488 e. The lowest BCUT2D eigenvalue weighted by Crippen LogP contribution is -2.04. The summed E-state index contributed by atoms with van der Waals surface area (Å²) in [5.41, 5.74) is 2.61. The second kappa shape index (κ2) is 8.46. The van der Waals surface area contributed by atoms with E-state index in [4.69, 9.17) is 10.00 Å². The molecule has 0 heterocycles. The van der Waals surface area contributed by atoms with E-state index in [-0.39, 0.29) is 35.7 Å². The molecule has 0 spiro atoms. The predicted molar refractivity (Wildman–Crippen MR) is 100 cm³/mol. The van der Waals surface area contributed by atoms with Crippen molar-refractivity contribution in [3.63, 3.8) is 0 Å². The van der Waals surface area contributed by atoms with Crippen LogP contribution in [0.3, 0.4) is 0 Å². The van der Waals surface area contributed by atoms with Crippen molar-refractivity contribution in [2.24, 2.45) is 0 Å². The highest BCUT2D eigenvalue weighted by Crippen LogP contribution is 2.28. The maximum Gasteiger partial charge on any atom is 0.131 e. The number of aryl methyl sites for hydroxylation is 1. The molecule has 0 fully saturated rings. The van der Waals surface area contributed by atoms with Crippen LogP contribution in [0.15, 0.2) is 60.7 Å². The second-order valence-electron chi connectivity index (χ2n) is 6.28. The third-order valence-corrected chi connectivity index (χ3v) is 4.41. The van der Waals surface area contributed by atoms with E-state index >= 15 is 0 Å². The minimum absolute atomic E-state index is 0.0531. The molecule has 0 N–H and O–H groups in total. The Kier molecular flexibility index (Phi) is 5.83. The van der Waals surface area contributed by atoms with Gasteiger partial charge in [0.05, 0.1) is 11.6 Å². The number of nitrogens with zero attached hydrogens (tertiary/aromatic N) is 1. The van der Waals surface area contributed by atoms with Gasteiger partial charge in [0.15, 0.2) is 0 Å². The van der Waals surface area contributed by atoms with Gasteiger partial charge in [0.25, 0.3) is 0 Å². The molecule has 0 saturated carbocycles. The third-order valence-electron chi connectivity index (χ3n) is 4.41. The van der Waals surface area contributed by atoms with E-state index < -0.39 is 5.82 Å². The monoisotopic (exact) mass is 363 g/mol. The zero-order valence-electron chi connectivity index (χ0n) is 15.0. The molecule has 0 aliphatic rings. The molecule has 3 rings (SSSR count). The fourth-order valence-electron chi connectivity index (χ4n) is 2.86. The molecular formula is C23H19F2NO. The van der Waals surface area contributed by atoms with Crippen LogP contribution in [-0.4, -0.2) is 0 Å². The summed E-state index contributed by atoms with van der Waals surface area (Å²) >= 11 is 0. The summed E-state index contributed by atoms with van der Waals surface area (Å²) in [6.45, 7) is 2.18. The van der Waals surface area contributed by atoms with Gasteiger partial charge in [-0.3, -0.25) is 0 Å². The Morgan fingerprint density at radius 1 is 0.926 bits per heavy atom. The number of hydrogen-bond acceptors (Lipinski definition) is 2. The average Bonchev–Trinajstić information content (AvgIpc) is 2.70. The third kappa shape index (κ3) is 4.51. The summed E-state index contributed by atoms with van der Waals surface area (Å²) in [5.74, 6) is -0.683. The smallest absolute Gasteiger partial charge is 0.131 e. The zero-order chi connectivity index (χ0) is 19.2. The maximum atomic E-state index is 14.6. The number of ether oxygens (including phenoxy) is 1. The first-order chi connectivity index (χ1) is 13.1. The molecule has 0 atom stereocenters. The quantitative estimate of drug-likeness (QED) is 0.574. The lowest BCUT2D eigenvalue weighted by Gasteiger charge is -2.14. The Labute approximate surface area is 157 Å². The molecule has 136 valence electrons. The van der Waals surface area contributed by atoms with Crippen molar-refractivity contribution in [1.29, 1.82) is 5.26 Å². The van der Waals surface area contributed by atoms with Crippen molar-refractivity contribution >= 4 is 0 Å². The van der Waals surface area contributed by atoms with E-state index in [2.05, 4.69) is 0 Å². The first kappa shape index (κ1) is 18.6. The van der Waals surface area contributed by atoms with Crippen LogP contribution in [0.1, 0.15) is 34.7 Å². The number of benzene rings is 3. The van der Waals surface area contributed by atoms with E-state index in [9.17, 15) is 8.78 Å². The van der Waals surface area contributed by atoms with Gasteiger partial charge < -0.3 is 4.74 Å². The lowest BCUT2D eigenvalue weighted by atomic mass is 9.99. The van der Waals surface area contributed by atoms with Gasteiger partial charge in [-0.05, 0) is 41.3 Å². The fourth-order valence-corrected chi connectivity index (χ4v) is 2.86. The van der Waals surface area contributed by atoms with E-state index in [0.29, 0.717) is 5.56 Å². The Balaban J connectivity index is 1.92. The van der Waals surface area contributed by atoms with Gasteiger partial charge in [0.2, 0.25) is 0 Å². The van der Waals surface area contributed by atoms with E-state index in [1.165, 1.54) is 12.1 Å². The first-order valence-corrected chi connectivity index (χ1v) is 8.77. The highest BCUT2D eigenvalue weighted by atomic mass is 19.1. The van der Waals surface area contributed by atoms with Gasteiger partial charge in [-0.25, -0.2) is 8.78 Å². The van der Waals surface area contributed by atoms with Crippen LogP contribution in [0.4, 0.5) is 8.78 Å². The van der Waals surface area contributed by atoms with Crippen molar-refractivity contribution in [3.8, 4) is 11.8 Å². The molecule has 3 aromatic rings. The highest BCUT2D eigenvalue weighted by molar-refractivity contribution is 5.46. The molecule has 0 radical (unpaired) electrons. The highest BCUT2D eigenvalue weighted by Gasteiger charge is 2.16. The molecule has 0 aromatic heterocycles. The van der Waals surface area contributed by atoms with Gasteiger partial charge >= 0.3 is 0 Å². The van der Waals surface area contributed by atoms with Gasteiger partial charge in [0, 0.05) is 12.0 Å². The molecule has 0 amide bonds. The summed E-state index contributed by atoms with van der Waals surface area (Å²) < 4.78 is 34.8. The van der Waals surface area contributed by atoms with Crippen LogP contribution in [-0.2, 0) is 19.4 Å². The normalized spacial score (nSPS) is 10.4. The summed E-state index contributed by atoms with van der Waals surface area (Å²) in [5, 5.41) is 9.12. The van der Waals surface area contributed by atoms with Crippen LogP contribution in [0, 0.1) is 23.0 Å². The largest absolute Gasteiger partial charge is 0.488 e. The van der Waals surface area contributed by atoms with Gasteiger partial charge in [-0.2, -0.15) is 5.26 Å². The predicted octanol–water partition coefficient (Wildman–Crippen LogP) is 5.57. The summed E-state index contributed by atoms with van der Waals surface area (Å²) in [4.78, 5) is 0. The Morgan fingerprint density at radius 2 is 1.70 bits per heavy atom. The van der Waals surface area contributed by atoms with Crippen LogP contribution >= 0.6 is 0 Å². The topological polar surface area (TPSA) is 33.0 Å². The van der Waals surface area contributed by atoms with E-state index in [1.807, 2.05) is 49.4 Å². The molecule has 0 aliphatic carbocycles. The molecule has 2 nitrogen and oxygen atoms in total. The molecule has 0 saturated heterocycles. The van der Waals surface area contributed by atoms with Gasteiger partial charge in [-0.15, -0.1) is 0 Å². The van der Waals surface area contributed by atoms with Crippen LogP contribution < -0.4 is 4.74 Å². The number of rotatable bonds is 6. The first-order valence-electron chi connectivity index (χ1n) is 8.77. The number of nitriles is 1. The Hall–Kier alpha value is -3.19. The average molecular weight is 363 g/mol. The summed E-state index contributed by atoms with van der Waals surface area (Å²) in [6, 6.07) is 19.0. The van der Waals surface area contributed by atoms with Crippen molar-refractivity contribution < 1.29 is 13.5 Å². The molecule has 0 bridgehead atoms.